The van der Waals surface area contributed by atoms with Crippen LogP contribution in [0.15, 0.2) is 24.3 Å². The van der Waals surface area contributed by atoms with E-state index in [1.807, 2.05) is 18.7 Å². The second-order valence-corrected chi connectivity index (χ2v) is 8.13. The SMILES string of the molecule is CC(C)C(NC(=O)c1ccccc1F)C(=O)N1CCC(NCC2CC2)CC1. The molecule has 148 valence electrons. The molecule has 2 aliphatic rings. The van der Waals surface area contributed by atoms with Crippen molar-refractivity contribution in [3.8, 4) is 0 Å². The summed E-state index contributed by atoms with van der Waals surface area (Å²) in [7, 11) is 0. The maximum atomic E-state index is 13.9. The summed E-state index contributed by atoms with van der Waals surface area (Å²) in [5, 5.41) is 6.35. The minimum absolute atomic E-state index is 0.0288. The number of amides is 2. The largest absolute Gasteiger partial charge is 0.341 e. The van der Waals surface area contributed by atoms with Crippen LogP contribution in [0.2, 0.25) is 0 Å². The van der Waals surface area contributed by atoms with Crippen LogP contribution in [0.1, 0.15) is 49.9 Å². The van der Waals surface area contributed by atoms with Crippen LogP contribution in [0, 0.1) is 17.7 Å². The fourth-order valence-electron chi connectivity index (χ4n) is 3.53. The number of nitrogens with one attached hydrogen (secondary N) is 2. The van der Waals surface area contributed by atoms with Gasteiger partial charge >= 0.3 is 0 Å². The van der Waals surface area contributed by atoms with Crippen molar-refractivity contribution in [2.45, 2.75) is 51.6 Å². The quantitative estimate of drug-likeness (QED) is 0.770. The molecule has 1 aliphatic carbocycles. The first-order valence-electron chi connectivity index (χ1n) is 10.0. The summed E-state index contributed by atoms with van der Waals surface area (Å²) < 4.78 is 13.9. The molecular formula is C21H30FN3O2. The number of rotatable bonds is 7. The molecule has 5 nitrogen and oxygen atoms in total. The lowest BCUT2D eigenvalue weighted by atomic mass is 9.99. The zero-order chi connectivity index (χ0) is 19.4. The number of carbonyl (C=O) groups is 2. The second-order valence-electron chi connectivity index (χ2n) is 8.13. The van der Waals surface area contributed by atoms with Crippen LogP contribution < -0.4 is 10.6 Å². The molecule has 1 aliphatic heterocycles. The van der Waals surface area contributed by atoms with Gasteiger partial charge < -0.3 is 15.5 Å². The van der Waals surface area contributed by atoms with Crippen molar-refractivity contribution in [2.75, 3.05) is 19.6 Å². The molecule has 2 N–H and O–H groups in total. The molecule has 3 rings (SSSR count). The van der Waals surface area contributed by atoms with Gasteiger partial charge in [-0.25, -0.2) is 4.39 Å². The summed E-state index contributed by atoms with van der Waals surface area (Å²) in [6, 6.07) is 5.67. The summed E-state index contributed by atoms with van der Waals surface area (Å²) >= 11 is 0. The Kier molecular flexibility index (Phi) is 6.47. The first-order chi connectivity index (χ1) is 13.0. The summed E-state index contributed by atoms with van der Waals surface area (Å²) in [5.74, 6) is -0.411. The number of likely N-dealkylation sites (tertiary alicyclic amines) is 1. The average Bonchev–Trinajstić information content (AvgIpc) is 3.49. The Labute approximate surface area is 160 Å². The van der Waals surface area contributed by atoms with Crippen molar-refractivity contribution in [2.24, 2.45) is 11.8 Å². The van der Waals surface area contributed by atoms with Crippen molar-refractivity contribution in [1.29, 1.82) is 0 Å². The van der Waals surface area contributed by atoms with Crippen molar-refractivity contribution in [3.05, 3.63) is 35.6 Å². The van der Waals surface area contributed by atoms with Crippen LogP contribution in [0.3, 0.4) is 0 Å². The molecule has 27 heavy (non-hydrogen) atoms. The number of piperidine rings is 1. The molecule has 0 spiro atoms. The number of carbonyl (C=O) groups excluding carboxylic acids is 2. The molecule has 1 aromatic rings. The topological polar surface area (TPSA) is 61.4 Å². The van der Waals surface area contributed by atoms with Gasteiger partial charge in [0.05, 0.1) is 5.56 Å². The number of halogens is 1. The van der Waals surface area contributed by atoms with Gasteiger partial charge in [0.2, 0.25) is 5.91 Å². The molecule has 1 saturated heterocycles. The Bertz CT molecular complexity index is 667. The highest BCUT2D eigenvalue weighted by atomic mass is 19.1. The van der Waals surface area contributed by atoms with Crippen molar-refractivity contribution >= 4 is 11.8 Å². The van der Waals surface area contributed by atoms with Crippen LogP contribution in [0.5, 0.6) is 0 Å². The van der Waals surface area contributed by atoms with Crippen LogP contribution >= 0.6 is 0 Å². The van der Waals surface area contributed by atoms with Gasteiger partial charge in [-0.15, -0.1) is 0 Å². The lowest BCUT2D eigenvalue weighted by molar-refractivity contribution is -0.135. The third-order valence-corrected chi connectivity index (χ3v) is 5.54. The number of hydrogen-bond donors (Lipinski definition) is 2. The lowest BCUT2D eigenvalue weighted by Crippen LogP contribution is -2.54. The van der Waals surface area contributed by atoms with E-state index in [0.29, 0.717) is 19.1 Å². The van der Waals surface area contributed by atoms with E-state index >= 15 is 0 Å². The summed E-state index contributed by atoms with van der Waals surface area (Å²) in [4.78, 5) is 27.2. The Morgan fingerprint density at radius 3 is 2.41 bits per heavy atom. The number of hydrogen-bond acceptors (Lipinski definition) is 3. The molecule has 0 radical (unpaired) electrons. The van der Waals surface area contributed by atoms with E-state index in [9.17, 15) is 14.0 Å². The summed E-state index contributed by atoms with van der Waals surface area (Å²) in [6.45, 7) is 6.27. The highest BCUT2D eigenvalue weighted by molar-refractivity contribution is 5.97. The van der Waals surface area contributed by atoms with E-state index in [1.165, 1.54) is 25.0 Å². The Morgan fingerprint density at radius 1 is 1.15 bits per heavy atom. The van der Waals surface area contributed by atoms with Gasteiger partial charge in [0.1, 0.15) is 11.9 Å². The van der Waals surface area contributed by atoms with E-state index in [4.69, 9.17) is 0 Å². The van der Waals surface area contributed by atoms with Crippen LogP contribution in [0.4, 0.5) is 4.39 Å². The van der Waals surface area contributed by atoms with Crippen molar-refractivity contribution in [1.82, 2.24) is 15.5 Å². The zero-order valence-electron chi connectivity index (χ0n) is 16.2. The first kappa shape index (κ1) is 19.8. The molecular weight excluding hydrogens is 345 g/mol. The third-order valence-electron chi connectivity index (χ3n) is 5.54. The van der Waals surface area contributed by atoms with E-state index in [-0.39, 0.29) is 17.4 Å². The third kappa shape index (κ3) is 5.28. The standard InChI is InChI=1S/C21H30FN3O2/c1-14(2)19(24-20(26)17-5-3-4-6-18(17)22)21(27)25-11-9-16(10-12-25)23-13-15-7-8-15/h3-6,14-16,19,23H,7-13H2,1-2H3,(H,24,26). The normalized spacial score (nSPS) is 19.2. The predicted molar refractivity (Wildman–Crippen MR) is 103 cm³/mol. The number of benzene rings is 1. The molecule has 1 aromatic carbocycles. The van der Waals surface area contributed by atoms with Crippen molar-refractivity contribution < 1.29 is 14.0 Å². The van der Waals surface area contributed by atoms with Crippen molar-refractivity contribution in [3.63, 3.8) is 0 Å². The summed E-state index contributed by atoms with van der Waals surface area (Å²) in [5.41, 5.74) is -0.0288. The molecule has 0 bridgehead atoms. The first-order valence-corrected chi connectivity index (χ1v) is 10.0. The minimum Gasteiger partial charge on any atom is -0.341 e. The smallest absolute Gasteiger partial charge is 0.254 e. The zero-order valence-corrected chi connectivity index (χ0v) is 16.2. The maximum Gasteiger partial charge on any atom is 0.254 e. The van der Waals surface area contributed by atoms with E-state index in [0.717, 1.165) is 25.3 Å². The van der Waals surface area contributed by atoms with Crippen LogP contribution in [0.25, 0.3) is 0 Å². The van der Waals surface area contributed by atoms with E-state index in [1.54, 1.807) is 12.1 Å². The fourth-order valence-corrected chi connectivity index (χ4v) is 3.53. The second kappa shape index (κ2) is 8.83. The fraction of sp³-hybridized carbons (Fsp3) is 0.619. The predicted octanol–water partition coefficient (Wildman–Crippen LogP) is 2.57. The minimum atomic E-state index is -0.645. The number of nitrogens with zero attached hydrogens (tertiary/aromatic N) is 1. The van der Waals surface area contributed by atoms with Gasteiger partial charge in [0, 0.05) is 19.1 Å². The maximum absolute atomic E-state index is 13.9. The molecule has 6 heteroatoms. The molecule has 2 fully saturated rings. The molecule has 1 saturated carbocycles. The Hall–Kier alpha value is -1.95. The van der Waals surface area contributed by atoms with Gasteiger partial charge in [-0.3, -0.25) is 9.59 Å². The van der Waals surface area contributed by atoms with Gasteiger partial charge in [-0.2, -0.15) is 0 Å². The Balaban J connectivity index is 1.55. The molecule has 1 heterocycles. The van der Waals surface area contributed by atoms with Crippen LogP contribution in [-0.4, -0.2) is 48.4 Å². The van der Waals surface area contributed by atoms with E-state index < -0.39 is 17.8 Å². The molecule has 1 atom stereocenters. The summed E-state index contributed by atoms with van der Waals surface area (Å²) in [6.07, 6.45) is 4.54. The monoisotopic (exact) mass is 375 g/mol. The average molecular weight is 375 g/mol. The molecule has 0 aromatic heterocycles. The molecule has 1 unspecified atom stereocenters. The van der Waals surface area contributed by atoms with Gasteiger partial charge in [-0.1, -0.05) is 26.0 Å². The lowest BCUT2D eigenvalue weighted by Gasteiger charge is -2.35. The highest BCUT2D eigenvalue weighted by Crippen LogP contribution is 2.28. The van der Waals surface area contributed by atoms with Crippen LogP contribution in [-0.2, 0) is 4.79 Å². The van der Waals surface area contributed by atoms with Gasteiger partial charge in [0.15, 0.2) is 0 Å². The highest BCUT2D eigenvalue weighted by Gasteiger charge is 2.32. The van der Waals surface area contributed by atoms with E-state index in [2.05, 4.69) is 10.6 Å². The van der Waals surface area contributed by atoms with Gasteiger partial charge in [-0.05, 0) is 56.2 Å². The Morgan fingerprint density at radius 2 is 1.81 bits per heavy atom. The van der Waals surface area contributed by atoms with Gasteiger partial charge in [0.25, 0.3) is 5.91 Å². The molecule has 2 amide bonds.